The van der Waals surface area contributed by atoms with E-state index in [1.807, 2.05) is 11.4 Å². The van der Waals surface area contributed by atoms with Gasteiger partial charge in [-0.1, -0.05) is 0 Å². The number of nitrogens with zero attached hydrogens (tertiary/aromatic N) is 2. The first-order chi connectivity index (χ1) is 11.0. The number of hydrogen-bond donors (Lipinski definition) is 1. The minimum Gasteiger partial charge on any atom is -0.477 e. The van der Waals surface area contributed by atoms with Gasteiger partial charge in [0, 0.05) is 29.2 Å². The SMILES string of the molecule is COCCN(Cc1sccc1Br)C(=O)c1ccc(C(=O)O)nc1. The van der Waals surface area contributed by atoms with Crippen molar-refractivity contribution in [2.24, 2.45) is 0 Å². The van der Waals surface area contributed by atoms with Gasteiger partial charge in [0.05, 0.1) is 18.7 Å². The van der Waals surface area contributed by atoms with Gasteiger partial charge in [0.25, 0.3) is 5.91 Å². The van der Waals surface area contributed by atoms with Crippen LogP contribution in [0.25, 0.3) is 0 Å². The van der Waals surface area contributed by atoms with E-state index in [4.69, 9.17) is 9.84 Å². The third-order valence-electron chi connectivity index (χ3n) is 3.11. The summed E-state index contributed by atoms with van der Waals surface area (Å²) in [7, 11) is 1.58. The molecule has 0 spiro atoms. The van der Waals surface area contributed by atoms with Crippen LogP contribution in [0.5, 0.6) is 0 Å². The standard InChI is InChI=1S/C15H15BrN2O4S/c1-22-6-5-18(9-13-11(16)4-7-23-13)14(19)10-2-3-12(15(20)21)17-8-10/h2-4,7-8H,5-6,9H2,1H3,(H,20,21). The summed E-state index contributed by atoms with van der Waals surface area (Å²) in [6.07, 6.45) is 1.29. The molecular weight excluding hydrogens is 384 g/mol. The first-order valence-corrected chi connectivity index (χ1v) is 8.39. The lowest BCUT2D eigenvalue weighted by Crippen LogP contribution is -2.33. The number of carboxylic acid groups (broad SMARTS) is 1. The molecule has 0 aromatic carbocycles. The fourth-order valence-corrected chi connectivity index (χ4v) is 3.39. The Hall–Kier alpha value is -1.77. The zero-order valence-electron chi connectivity index (χ0n) is 12.4. The predicted octanol–water partition coefficient (Wildman–Crippen LogP) is 2.89. The van der Waals surface area contributed by atoms with Crippen molar-refractivity contribution in [2.45, 2.75) is 6.54 Å². The Bertz CT molecular complexity index is 687. The minimum atomic E-state index is -1.12. The smallest absolute Gasteiger partial charge is 0.354 e. The molecule has 0 aliphatic heterocycles. The van der Waals surface area contributed by atoms with Gasteiger partial charge in [-0.3, -0.25) is 4.79 Å². The van der Waals surface area contributed by atoms with Gasteiger partial charge in [-0.15, -0.1) is 11.3 Å². The van der Waals surface area contributed by atoms with E-state index in [-0.39, 0.29) is 11.6 Å². The highest BCUT2D eigenvalue weighted by Crippen LogP contribution is 2.24. The van der Waals surface area contributed by atoms with Gasteiger partial charge in [0.1, 0.15) is 5.69 Å². The van der Waals surface area contributed by atoms with Crippen LogP contribution >= 0.6 is 27.3 Å². The Morgan fingerprint density at radius 1 is 1.39 bits per heavy atom. The largest absolute Gasteiger partial charge is 0.477 e. The van der Waals surface area contributed by atoms with Gasteiger partial charge in [-0.25, -0.2) is 9.78 Å². The van der Waals surface area contributed by atoms with E-state index in [1.165, 1.54) is 18.3 Å². The fraction of sp³-hybridized carbons (Fsp3) is 0.267. The number of thiophene rings is 1. The van der Waals surface area contributed by atoms with Crippen molar-refractivity contribution >= 4 is 39.1 Å². The van der Waals surface area contributed by atoms with Crippen LogP contribution in [0.3, 0.4) is 0 Å². The lowest BCUT2D eigenvalue weighted by atomic mass is 10.2. The average Bonchev–Trinajstić information content (AvgIpc) is 2.95. The van der Waals surface area contributed by atoms with Crippen LogP contribution in [0, 0.1) is 0 Å². The number of methoxy groups -OCH3 is 1. The molecule has 0 unspecified atom stereocenters. The van der Waals surface area contributed by atoms with Crippen LogP contribution < -0.4 is 0 Å². The number of ether oxygens (including phenoxy) is 1. The van der Waals surface area contributed by atoms with Crippen molar-refractivity contribution in [1.82, 2.24) is 9.88 Å². The monoisotopic (exact) mass is 398 g/mol. The molecule has 1 amide bonds. The van der Waals surface area contributed by atoms with Gasteiger partial charge in [0.15, 0.2) is 0 Å². The van der Waals surface area contributed by atoms with Crippen molar-refractivity contribution < 1.29 is 19.4 Å². The summed E-state index contributed by atoms with van der Waals surface area (Å²) in [5.74, 6) is -1.34. The lowest BCUT2D eigenvalue weighted by molar-refractivity contribution is 0.0671. The summed E-state index contributed by atoms with van der Waals surface area (Å²) in [6, 6.07) is 4.73. The molecule has 0 atom stereocenters. The maximum atomic E-state index is 12.6. The van der Waals surface area contributed by atoms with Crippen LogP contribution in [-0.4, -0.2) is 47.1 Å². The van der Waals surface area contributed by atoms with E-state index < -0.39 is 5.97 Å². The number of amides is 1. The van der Waals surface area contributed by atoms with E-state index in [9.17, 15) is 9.59 Å². The maximum absolute atomic E-state index is 12.6. The number of carboxylic acids is 1. The van der Waals surface area contributed by atoms with Gasteiger partial charge in [-0.2, -0.15) is 0 Å². The fourth-order valence-electron chi connectivity index (χ4n) is 1.89. The normalized spacial score (nSPS) is 10.5. The molecule has 2 aromatic rings. The highest BCUT2D eigenvalue weighted by Gasteiger charge is 2.18. The summed E-state index contributed by atoms with van der Waals surface area (Å²) in [4.78, 5) is 29.9. The first-order valence-electron chi connectivity index (χ1n) is 6.72. The summed E-state index contributed by atoms with van der Waals surface area (Å²) in [5, 5.41) is 10.8. The summed E-state index contributed by atoms with van der Waals surface area (Å²) in [5.41, 5.74) is 0.254. The molecule has 8 heteroatoms. The number of halogens is 1. The number of aromatic nitrogens is 1. The third-order valence-corrected chi connectivity index (χ3v) is 5.02. The zero-order chi connectivity index (χ0) is 16.8. The lowest BCUT2D eigenvalue weighted by Gasteiger charge is -2.22. The highest BCUT2D eigenvalue weighted by molar-refractivity contribution is 9.10. The Kier molecular flexibility index (Phi) is 6.26. The molecule has 0 aliphatic rings. The molecule has 23 heavy (non-hydrogen) atoms. The molecule has 0 bridgehead atoms. The van der Waals surface area contributed by atoms with Crippen LogP contribution in [0.1, 0.15) is 25.7 Å². The number of hydrogen-bond acceptors (Lipinski definition) is 5. The number of carbonyl (C=O) groups excluding carboxylic acids is 1. The van der Waals surface area contributed by atoms with Gasteiger partial charge < -0.3 is 14.7 Å². The second-order valence-electron chi connectivity index (χ2n) is 4.65. The number of rotatable bonds is 7. The molecule has 6 nitrogen and oxygen atoms in total. The predicted molar refractivity (Wildman–Crippen MR) is 89.8 cm³/mol. The van der Waals surface area contributed by atoms with Crippen molar-refractivity contribution in [3.05, 3.63) is 50.4 Å². The molecule has 0 saturated heterocycles. The molecular formula is C15H15BrN2O4S. The molecule has 0 fully saturated rings. The maximum Gasteiger partial charge on any atom is 0.354 e. The summed E-state index contributed by atoms with van der Waals surface area (Å²) in [6.45, 7) is 1.29. The average molecular weight is 399 g/mol. The number of aromatic carboxylic acids is 1. The molecule has 0 saturated carbocycles. The van der Waals surface area contributed by atoms with Gasteiger partial charge in [0.2, 0.25) is 0 Å². The first kappa shape index (κ1) is 17.6. The molecule has 0 aliphatic carbocycles. The van der Waals surface area contributed by atoms with Gasteiger partial charge >= 0.3 is 5.97 Å². The van der Waals surface area contributed by atoms with Crippen molar-refractivity contribution in [1.29, 1.82) is 0 Å². The second kappa shape index (κ2) is 8.19. The molecule has 0 radical (unpaired) electrons. The molecule has 1 N–H and O–H groups in total. The molecule has 2 heterocycles. The second-order valence-corrected chi connectivity index (χ2v) is 6.50. The third kappa shape index (κ3) is 4.60. The Morgan fingerprint density at radius 3 is 2.70 bits per heavy atom. The molecule has 2 aromatic heterocycles. The Balaban J connectivity index is 2.18. The van der Waals surface area contributed by atoms with Crippen LogP contribution in [0.4, 0.5) is 0 Å². The van der Waals surface area contributed by atoms with Crippen LogP contribution in [0.15, 0.2) is 34.2 Å². The molecule has 2 rings (SSSR count). The number of pyridine rings is 1. The summed E-state index contributed by atoms with van der Waals surface area (Å²) < 4.78 is 6.02. The van der Waals surface area contributed by atoms with E-state index in [1.54, 1.807) is 23.3 Å². The van der Waals surface area contributed by atoms with Gasteiger partial charge in [-0.05, 0) is 39.5 Å². The van der Waals surface area contributed by atoms with E-state index in [0.717, 1.165) is 9.35 Å². The molecule has 122 valence electrons. The van der Waals surface area contributed by atoms with Crippen molar-refractivity contribution in [3.8, 4) is 0 Å². The summed E-state index contributed by atoms with van der Waals surface area (Å²) >= 11 is 5.01. The van der Waals surface area contributed by atoms with Crippen LogP contribution in [0.2, 0.25) is 0 Å². The highest BCUT2D eigenvalue weighted by atomic mass is 79.9. The van der Waals surface area contributed by atoms with E-state index in [2.05, 4.69) is 20.9 Å². The van der Waals surface area contributed by atoms with Crippen LogP contribution in [-0.2, 0) is 11.3 Å². The van der Waals surface area contributed by atoms with E-state index >= 15 is 0 Å². The van der Waals surface area contributed by atoms with Crippen molar-refractivity contribution in [2.75, 3.05) is 20.3 Å². The Morgan fingerprint density at radius 2 is 2.17 bits per heavy atom. The minimum absolute atomic E-state index is 0.0917. The number of carbonyl (C=O) groups is 2. The quantitative estimate of drug-likeness (QED) is 0.775. The van der Waals surface area contributed by atoms with Crippen molar-refractivity contribution in [3.63, 3.8) is 0 Å². The topological polar surface area (TPSA) is 79.7 Å². The Labute approximate surface area is 145 Å². The van der Waals surface area contributed by atoms with E-state index in [0.29, 0.717) is 25.3 Å². The zero-order valence-corrected chi connectivity index (χ0v) is 14.8.